The fourth-order valence-electron chi connectivity index (χ4n) is 2.52. The predicted molar refractivity (Wildman–Crippen MR) is 81.1 cm³/mol. The van der Waals surface area contributed by atoms with E-state index in [0.717, 1.165) is 12.1 Å². The van der Waals surface area contributed by atoms with Crippen LogP contribution in [-0.2, 0) is 11.0 Å². The molecule has 0 saturated carbocycles. The lowest BCUT2D eigenvalue weighted by Crippen LogP contribution is -2.50. The zero-order chi connectivity index (χ0) is 17.3. The number of amides is 1. The number of benzene rings is 1. The van der Waals surface area contributed by atoms with Crippen molar-refractivity contribution >= 4 is 11.6 Å². The second-order valence-electron chi connectivity index (χ2n) is 6.34. The maximum absolute atomic E-state index is 12.8. The van der Waals surface area contributed by atoms with E-state index in [-0.39, 0.29) is 6.04 Å². The lowest BCUT2D eigenvalue weighted by Gasteiger charge is -2.35. The molecule has 7 heteroatoms. The van der Waals surface area contributed by atoms with Crippen LogP contribution in [0.25, 0.3) is 0 Å². The minimum Gasteiger partial charge on any atom is -0.381 e. The van der Waals surface area contributed by atoms with Gasteiger partial charge >= 0.3 is 6.18 Å². The zero-order valence-electron chi connectivity index (χ0n) is 13.2. The molecule has 1 aliphatic heterocycles. The van der Waals surface area contributed by atoms with Gasteiger partial charge in [-0.1, -0.05) is 6.07 Å². The second-order valence-corrected chi connectivity index (χ2v) is 6.34. The molecule has 1 fully saturated rings. The summed E-state index contributed by atoms with van der Waals surface area (Å²) >= 11 is 0. The Morgan fingerprint density at radius 1 is 1.26 bits per heavy atom. The average Bonchev–Trinajstić information content (AvgIpc) is 2.46. The van der Waals surface area contributed by atoms with E-state index in [9.17, 15) is 23.1 Å². The highest BCUT2D eigenvalue weighted by atomic mass is 19.4. The van der Waals surface area contributed by atoms with E-state index in [1.165, 1.54) is 19.9 Å². The third-order valence-electron chi connectivity index (χ3n) is 3.92. The number of anilines is 1. The summed E-state index contributed by atoms with van der Waals surface area (Å²) in [6, 6.07) is 5.19. The molecule has 1 heterocycles. The monoisotopic (exact) mass is 330 g/mol. The highest BCUT2D eigenvalue weighted by molar-refractivity contribution is 5.84. The molecule has 0 bridgehead atoms. The first kappa shape index (κ1) is 17.6. The van der Waals surface area contributed by atoms with E-state index in [1.54, 1.807) is 6.07 Å². The van der Waals surface area contributed by atoms with Crippen LogP contribution in [-0.4, -0.2) is 35.7 Å². The van der Waals surface area contributed by atoms with E-state index in [4.69, 9.17) is 0 Å². The van der Waals surface area contributed by atoms with Crippen molar-refractivity contribution in [3.05, 3.63) is 29.8 Å². The molecule has 2 rings (SSSR count). The number of rotatable bonds is 3. The number of piperidine rings is 1. The molecule has 0 aromatic heterocycles. The standard InChI is InChI=1S/C16H21F3N2O2/c1-15(2,23)14(22)20-12-6-8-21(9-7-12)13-5-3-4-11(10-13)16(17,18)19/h3-5,10,12,23H,6-9H2,1-2H3,(H,20,22). The van der Waals surface area contributed by atoms with Crippen molar-refractivity contribution in [2.45, 2.75) is 44.5 Å². The quantitative estimate of drug-likeness (QED) is 0.896. The molecule has 0 atom stereocenters. The van der Waals surface area contributed by atoms with Gasteiger partial charge in [0.2, 0.25) is 0 Å². The summed E-state index contributed by atoms with van der Waals surface area (Å²) in [6.45, 7) is 3.94. The van der Waals surface area contributed by atoms with Gasteiger partial charge in [0, 0.05) is 24.8 Å². The van der Waals surface area contributed by atoms with Crippen LogP contribution in [0.4, 0.5) is 18.9 Å². The number of carbonyl (C=O) groups is 1. The van der Waals surface area contributed by atoms with Crippen LogP contribution in [0.15, 0.2) is 24.3 Å². The van der Waals surface area contributed by atoms with Gasteiger partial charge in [-0.15, -0.1) is 0 Å². The van der Waals surface area contributed by atoms with Crippen LogP contribution in [0.5, 0.6) is 0 Å². The Balaban J connectivity index is 1.96. The average molecular weight is 330 g/mol. The van der Waals surface area contributed by atoms with Gasteiger partial charge in [0.1, 0.15) is 5.60 Å². The smallest absolute Gasteiger partial charge is 0.381 e. The summed E-state index contributed by atoms with van der Waals surface area (Å²) in [6.07, 6.45) is -3.11. The fraction of sp³-hybridized carbons (Fsp3) is 0.562. The largest absolute Gasteiger partial charge is 0.416 e. The summed E-state index contributed by atoms with van der Waals surface area (Å²) in [7, 11) is 0. The van der Waals surface area contributed by atoms with Crippen molar-refractivity contribution < 1.29 is 23.1 Å². The van der Waals surface area contributed by atoms with Crippen molar-refractivity contribution in [3.8, 4) is 0 Å². The van der Waals surface area contributed by atoms with Gasteiger partial charge in [-0.3, -0.25) is 4.79 Å². The van der Waals surface area contributed by atoms with Crippen molar-refractivity contribution in [1.29, 1.82) is 0 Å². The molecule has 0 spiro atoms. The van der Waals surface area contributed by atoms with Gasteiger partial charge in [-0.05, 0) is 44.9 Å². The van der Waals surface area contributed by atoms with E-state index in [0.29, 0.717) is 31.6 Å². The van der Waals surface area contributed by atoms with E-state index in [2.05, 4.69) is 5.32 Å². The predicted octanol–water partition coefficient (Wildman–Crippen LogP) is 2.56. The maximum atomic E-state index is 12.8. The Bertz CT molecular complexity index is 559. The number of nitrogens with zero attached hydrogens (tertiary/aromatic N) is 1. The van der Waals surface area contributed by atoms with E-state index < -0.39 is 23.2 Å². The Morgan fingerprint density at radius 2 is 1.87 bits per heavy atom. The number of alkyl halides is 3. The molecule has 23 heavy (non-hydrogen) atoms. The van der Waals surface area contributed by atoms with Gasteiger partial charge in [-0.25, -0.2) is 0 Å². The molecule has 2 N–H and O–H groups in total. The zero-order valence-corrected chi connectivity index (χ0v) is 13.2. The first-order chi connectivity index (χ1) is 10.6. The molecule has 1 aromatic carbocycles. The number of hydrogen-bond acceptors (Lipinski definition) is 3. The minimum atomic E-state index is -4.35. The fourth-order valence-corrected chi connectivity index (χ4v) is 2.52. The Labute approximate surface area is 133 Å². The third-order valence-corrected chi connectivity index (χ3v) is 3.92. The molecule has 1 aromatic rings. The summed E-state index contributed by atoms with van der Waals surface area (Å²) in [4.78, 5) is 13.6. The highest BCUT2D eigenvalue weighted by Gasteiger charge is 2.32. The van der Waals surface area contributed by atoms with Crippen LogP contribution in [0.3, 0.4) is 0 Å². The molecule has 1 saturated heterocycles. The molecule has 0 radical (unpaired) electrons. The summed E-state index contributed by atoms with van der Waals surface area (Å²) < 4.78 is 38.3. The highest BCUT2D eigenvalue weighted by Crippen LogP contribution is 2.32. The normalized spacial score (nSPS) is 17.2. The first-order valence-corrected chi connectivity index (χ1v) is 7.53. The lowest BCUT2D eigenvalue weighted by atomic mass is 10.0. The number of nitrogens with one attached hydrogen (secondary N) is 1. The van der Waals surface area contributed by atoms with Gasteiger partial charge in [-0.2, -0.15) is 13.2 Å². The lowest BCUT2D eigenvalue weighted by molar-refractivity contribution is -0.138. The Hall–Kier alpha value is -1.76. The van der Waals surface area contributed by atoms with Gasteiger partial charge < -0.3 is 15.3 Å². The molecule has 0 unspecified atom stereocenters. The number of aliphatic hydroxyl groups is 1. The second kappa shape index (κ2) is 6.39. The van der Waals surface area contributed by atoms with Crippen molar-refractivity contribution in [2.24, 2.45) is 0 Å². The Morgan fingerprint density at radius 3 is 2.39 bits per heavy atom. The van der Waals surface area contributed by atoms with Gasteiger partial charge in [0.15, 0.2) is 0 Å². The van der Waals surface area contributed by atoms with Crippen molar-refractivity contribution in [3.63, 3.8) is 0 Å². The number of carbonyl (C=O) groups excluding carboxylic acids is 1. The molecular formula is C16H21F3N2O2. The molecule has 128 valence electrons. The third kappa shape index (κ3) is 4.60. The Kier molecular flexibility index (Phi) is 4.89. The first-order valence-electron chi connectivity index (χ1n) is 7.53. The van der Waals surface area contributed by atoms with Crippen LogP contribution in [0.1, 0.15) is 32.3 Å². The molecule has 0 aliphatic carbocycles. The summed E-state index contributed by atoms with van der Waals surface area (Å²) in [5.74, 6) is -0.435. The van der Waals surface area contributed by atoms with Crippen molar-refractivity contribution in [1.82, 2.24) is 5.32 Å². The van der Waals surface area contributed by atoms with Crippen molar-refractivity contribution in [2.75, 3.05) is 18.0 Å². The summed E-state index contributed by atoms with van der Waals surface area (Å²) in [5.41, 5.74) is -1.56. The maximum Gasteiger partial charge on any atom is 0.416 e. The molecule has 4 nitrogen and oxygen atoms in total. The molecule has 1 amide bonds. The van der Waals surface area contributed by atoms with Gasteiger partial charge in [0.05, 0.1) is 5.56 Å². The summed E-state index contributed by atoms with van der Waals surface area (Å²) in [5, 5.41) is 12.4. The van der Waals surface area contributed by atoms with Crippen LogP contribution < -0.4 is 10.2 Å². The van der Waals surface area contributed by atoms with Crippen LogP contribution in [0.2, 0.25) is 0 Å². The SMILES string of the molecule is CC(C)(O)C(=O)NC1CCN(c2cccc(C(F)(F)F)c2)CC1. The van der Waals surface area contributed by atoms with E-state index >= 15 is 0 Å². The van der Waals surface area contributed by atoms with E-state index in [1.807, 2.05) is 4.90 Å². The van der Waals surface area contributed by atoms with Crippen LogP contribution in [0, 0.1) is 0 Å². The minimum absolute atomic E-state index is 0.0732. The molecular weight excluding hydrogens is 309 g/mol. The van der Waals surface area contributed by atoms with Crippen LogP contribution >= 0.6 is 0 Å². The van der Waals surface area contributed by atoms with Gasteiger partial charge in [0.25, 0.3) is 5.91 Å². The number of halogens is 3. The molecule has 1 aliphatic rings. The number of hydrogen-bond donors (Lipinski definition) is 2. The topological polar surface area (TPSA) is 52.6 Å².